The topological polar surface area (TPSA) is 71.2 Å². The van der Waals surface area contributed by atoms with E-state index in [0.29, 0.717) is 5.39 Å². The van der Waals surface area contributed by atoms with Gasteiger partial charge in [0.15, 0.2) is 0 Å². The Bertz CT molecular complexity index is 734. The highest BCUT2D eigenvalue weighted by Crippen LogP contribution is 2.28. The number of aromatic nitrogens is 1. The number of anilines is 1. The monoisotopic (exact) mass is 272 g/mol. The highest BCUT2D eigenvalue weighted by atomic mass is 16.5. The van der Waals surface area contributed by atoms with Gasteiger partial charge < -0.3 is 15.0 Å². The lowest BCUT2D eigenvalue weighted by molar-refractivity contribution is 0.0524. The number of hydrogen-bond acceptors (Lipinski definition) is 4. The van der Waals surface area contributed by atoms with Crippen molar-refractivity contribution in [1.29, 1.82) is 0 Å². The molecule has 1 aliphatic heterocycles. The first kappa shape index (κ1) is 12.7. The molecule has 5 nitrogen and oxygen atoms in total. The van der Waals surface area contributed by atoms with Crippen LogP contribution in [0.2, 0.25) is 0 Å². The van der Waals surface area contributed by atoms with Gasteiger partial charge in [-0.15, -0.1) is 0 Å². The predicted molar refractivity (Wildman–Crippen MR) is 77.3 cm³/mol. The van der Waals surface area contributed by atoms with Crippen molar-refractivity contribution in [1.82, 2.24) is 4.98 Å². The van der Waals surface area contributed by atoms with Gasteiger partial charge in [0.25, 0.3) is 0 Å². The van der Waals surface area contributed by atoms with Gasteiger partial charge in [-0.1, -0.05) is 6.07 Å². The lowest BCUT2D eigenvalue weighted by atomic mass is 10.00. The molecule has 0 saturated heterocycles. The van der Waals surface area contributed by atoms with Crippen molar-refractivity contribution >= 4 is 22.6 Å². The minimum atomic E-state index is -0.582. The van der Waals surface area contributed by atoms with E-state index in [1.54, 1.807) is 13.0 Å². The largest absolute Gasteiger partial charge is 0.462 e. The normalized spacial score (nSPS) is 13.7. The molecule has 3 rings (SSSR count). The minimum absolute atomic E-state index is 0.0510. The molecule has 20 heavy (non-hydrogen) atoms. The number of benzene rings is 1. The van der Waals surface area contributed by atoms with Crippen molar-refractivity contribution < 1.29 is 9.53 Å². The molecule has 2 aromatic rings. The summed E-state index contributed by atoms with van der Waals surface area (Å²) in [5, 5.41) is 3.84. The molecule has 1 aliphatic rings. The highest BCUT2D eigenvalue weighted by molar-refractivity contribution is 5.98. The van der Waals surface area contributed by atoms with Crippen LogP contribution in [-0.2, 0) is 11.2 Å². The van der Waals surface area contributed by atoms with Gasteiger partial charge in [-0.25, -0.2) is 4.79 Å². The first-order valence-corrected chi connectivity index (χ1v) is 6.80. The first-order chi connectivity index (χ1) is 9.72. The molecule has 2 heterocycles. The average Bonchev–Trinajstić information content (AvgIpc) is 2.47. The number of aromatic amines is 1. The smallest absolute Gasteiger partial charge is 0.343 e. The van der Waals surface area contributed by atoms with E-state index < -0.39 is 5.97 Å². The van der Waals surface area contributed by atoms with Crippen molar-refractivity contribution in [3.63, 3.8) is 0 Å². The quantitative estimate of drug-likeness (QED) is 0.821. The van der Waals surface area contributed by atoms with E-state index in [0.717, 1.165) is 30.6 Å². The average molecular weight is 272 g/mol. The predicted octanol–water partition coefficient (Wildman–Crippen LogP) is 2.06. The molecule has 0 amide bonds. The number of rotatable bonds is 2. The van der Waals surface area contributed by atoms with Gasteiger partial charge in [0.2, 0.25) is 5.43 Å². The van der Waals surface area contributed by atoms with Crippen LogP contribution in [0.3, 0.4) is 0 Å². The second-order valence-electron chi connectivity index (χ2n) is 4.80. The molecule has 1 aromatic carbocycles. The SMILES string of the molecule is CCOC(=O)c1c[nH]c2c3c(ccc2c1=O)CCCN3. The fourth-order valence-corrected chi connectivity index (χ4v) is 2.60. The Morgan fingerprint density at radius 1 is 1.40 bits per heavy atom. The Balaban J connectivity index is 2.19. The zero-order valence-electron chi connectivity index (χ0n) is 11.3. The van der Waals surface area contributed by atoms with Crippen LogP contribution in [0.4, 0.5) is 5.69 Å². The lowest BCUT2D eigenvalue weighted by Crippen LogP contribution is -2.20. The van der Waals surface area contributed by atoms with E-state index >= 15 is 0 Å². The molecule has 0 radical (unpaired) electrons. The zero-order valence-corrected chi connectivity index (χ0v) is 11.3. The summed E-state index contributed by atoms with van der Waals surface area (Å²) in [7, 11) is 0. The molecule has 0 unspecified atom stereocenters. The summed E-state index contributed by atoms with van der Waals surface area (Å²) in [5.74, 6) is -0.582. The number of carbonyl (C=O) groups is 1. The third-order valence-electron chi connectivity index (χ3n) is 3.56. The van der Waals surface area contributed by atoms with Crippen LogP contribution in [0, 0.1) is 0 Å². The van der Waals surface area contributed by atoms with Crippen LogP contribution < -0.4 is 10.7 Å². The van der Waals surface area contributed by atoms with E-state index in [9.17, 15) is 9.59 Å². The first-order valence-electron chi connectivity index (χ1n) is 6.80. The maximum absolute atomic E-state index is 12.4. The summed E-state index contributed by atoms with van der Waals surface area (Å²) >= 11 is 0. The van der Waals surface area contributed by atoms with Gasteiger partial charge in [0.05, 0.1) is 17.8 Å². The fraction of sp³-hybridized carbons (Fsp3) is 0.333. The Hall–Kier alpha value is -2.30. The van der Waals surface area contributed by atoms with E-state index in [2.05, 4.69) is 10.3 Å². The Morgan fingerprint density at radius 3 is 3.05 bits per heavy atom. The Kier molecular flexibility index (Phi) is 3.18. The number of pyridine rings is 1. The molecule has 0 bridgehead atoms. The molecule has 0 saturated carbocycles. The van der Waals surface area contributed by atoms with Crippen molar-refractivity contribution in [2.75, 3.05) is 18.5 Å². The maximum Gasteiger partial charge on any atom is 0.343 e. The van der Waals surface area contributed by atoms with Gasteiger partial charge in [-0.05, 0) is 31.4 Å². The number of fused-ring (bicyclic) bond motifs is 3. The van der Waals surface area contributed by atoms with Gasteiger partial charge in [-0.3, -0.25) is 4.79 Å². The number of aryl methyl sites for hydroxylation is 1. The molecule has 1 aromatic heterocycles. The van der Waals surface area contributed by atoms with Crippen LogP contribution in [0.5, 0.6) is 0 Å². The van der Waals surface area contributed by atoms with Crippen molar-refractivity contribution in [2.45, 2.75) is 19.8 Å². The van der Waals surface area contributed by atoms with Crippen molar-refractivity contribution in [2.24, 2.45) is 0 Å². The molecule has 0 atom stereocenters. The van der Waals surface area contributed by atoms with Gasteiger partial charge >= 0.3 is 5.97 Å². The number of ether oxygens (including phenoxy) is 1. The summed E-state index contributed by atoms with van der Waals surface area (Å²) in [5.41, 5.74) is 2.70. The summed E-state index contributed by atoms with van der Waals surface area (Å²) in [6.07, 6.45) is 3.53. The highest BCUT2D eigenvalue weighted by Gasteiger charge is 2.18. The van der Waals surface area contributed by atoms with Crippen LogP contribution in [0.25, 0.3) is 10.9 Å². The molecule has 0 fully saturated rings. The molecule has 0 spiro atoms. The van der Waals surface area contributed by atoms with Crippen molar-refractivity contribution in [3.05, 3.63) is 39.7 Å². The maximum atomic E-state index is 12.4. The summed E-state index contributed by atoms with van der Waals surface area (Å²) in [6, 6.07) is 3.73. The van der Waals surface area contributed by atoms with Crippen molar-refractivity contribution in [3.8, 4) is 0 Å². The number of esters is 1. The molecule has 2 N–H and O–H groups in total. The number of hydrogen-bond donors (Lipinski definition) is 2. The third-order valence-corrected chi connectivity index (χ3v) is 3.56. The van der Waals surface area contributed by atoms with Crippen LogP contribution in [0.1, 0.15) is 29.3 Å². The van der Waals surface area contributed by atoms with Crippen LogP contribution in [0.15, 0.2) is 23.1 Å². The van der Waals surface area contributed by atoms with E-state index in [4.69, 9.17) is 4.74 Å². The summed E-state index contributed by atoms with van der Waals surface area (Å²) in [4.78, 5) is 27.2. The number of carbonyl (C=O) groups excluding carboxylic acids is 1. The van der Waals surface area contributed by atoms with E-state index in [1.165, 1.54) is 11.8 Å². The van der Waals surface area contributed by atoms with E-state index in [-0.39, 0.29) is 17.6 Å². The van der Waals surface area contributed by atoms with Gasteiger partial charge in [0.1, 0.15) is 5.56 Å². The third kappa shape index (κ3) is 1.95. The van der Waals surface area contributed by atoms with E-state index in [1.807, 2.05) is 6.07 Å². The molecule has 0 aliphatic carbocycles. The lowest BCUT2D eigenvalue weighted by Gasteiger charge is -2.19. The van der Waals surface area contributed by atoms with Gasteiger partial charge in [0, 0.05) is 18.1 Å². The Morgan fingerprint density at radius 2 is 2.25 bits per heavy atom. The van der Waals surface area contributed by atoms with Gasteiger partial charge in [-0.2, -0.15) is 0 Å². The Labute approximate surface area is 116 Å². The summed E-state index contributed by atoms with van der Waals surface area (Å²) < 4.78 is 4.90. The van der Waals surface area contributed by atoms with Crippen LogP contribution >= 0.6 is 0 Å². The van der Waals surface area contributed by atoms with Crippen LogP contribution in [-0.4, -0.2) is 24.1 Å². The number of nitrogens with one attached hydrogen (secondary N) is 2. The molecular formula is C15H16N2O3. The fourth-order valence-electron chi connectivity index (χ4n) is 2.60. The molecular weight excluding hydrogens is 256 g/mol. The standard InChI is InChI=1S/C15H16N2O3/c1-2-20-15(19)11-8-17-13-10(14(11)18)6-5-9-4-3-7-16-12(9)13/h5-6,8,16H,2-4,7H2,1H3,(H,17,18). The molecule has 5 heteroatoms. The zero-order chi connectivity index (χ0) is 14.1. The second kappa shape index (κ2) is 5.00. The summed E-state index contributed by atoms with van der Waals surface area (Å²) in [6.45, 7) is 2.86. The second-order valence-corrected chi connectivity index (χ2v) is 4.80. The molecule has 104 valence electrons. The minimum Gasteiger partial charge on any atom is -0.462 e. The number of H-pyrrole nitrogens is 1.